The van der Waals surface area contributed by atoms with Gasteiger partial charge in [-0.3, -0.25) is 4.79 Å². The lowest BCUT2D eigenvalue weighted by Crippen LogP contribution is -2.44. The van der Waals surface area contributed by atoms with E-state index in [1.165, 1.54) is 0 Å². The van der Waals surface area contributed by atoms with Crippen LogP contribution in [0.1, 0.15) is 33.1 Å². The fourth-order valence-electron chi connectivity index (χ4n) is 4.69. The highest BCUT2D eigenvalue weighted by Crippen LogP contribution is 2.69. The third-order valence-electron chi connectivity index (χ3n) is 5.80. The number of nitrogens with zero attached hydrogens (tertiary/aromatic N) is 3. The van der Waals surface area contributed by atoms with Gasteiger partial charge < -0.3 is 5.53 Å². The van der Waals surface area contributed by atoms with E-state index in [1.54, 1.807) is 0 Å². The van der Waals surface area contributed by atoms with Crippen LogP contribution in [-0.4, -0.2) is 41.4 Å². The number of carbonyl (C=O) groups excluding carboxylic acids is 1. The normalized spacial score (nSPS) is 40.8. The molecule has 1 aliphatic heterocycles. The van der Waals surface area contributed by atoms with Gasteiger partial charge in [-0.2, -0.15) is 4.79 Å². The van der Waals surface area contributed by atoms with Crippen LogP contribution in [0.2, 0.25) is 0 Å². The average Bonchev–Trinajstić information content (AvgIpc) is 2.75. The zero-order valence-electron chi connectivity index (χ0n) is 11.0. The summed E-state index contributed by atoms with van der Waals surface area (Å²) in [5.41, 5.74) is 8.08. The Hall–Kier alpha value is -1.20. The molecule has 1 amide bonds. The molecule has 0 N–H and O–H groups in total. The molecular formula is C12H17N3O3S. The molecule has 0 unspecified atom stereocenters. The number of amides is 1. The zero-order valence-corrected chi connectivity index (χ0v) is 11.9. The highest BCUT2D eigenvalue weighted by molar-refractivity contribution is 7.90. The molecule has 3 aliphatic rings. The summed E-state index contributed by atoms with van der Waals surface area (Å²) in [6.45, 7) is 4.24. The van der Waals surface area contributed by atoms with Crippen molar-refractivity contribution in [3.05, 3.63) is 5.53 Å². The summed E-state index contributed by atoms with van der Waals surface area (Å²) in [4.78, 5) is 14.6. The van der Waals surface area contributed by atoms with Crippen molar-refractivity contribution in [2.24, 2.45) is 16.7 Å². The number of fused-ring (bicyclic) bond motifs is 1. The maximum atomic E-state index is 12.3. The van der Waals surface area contributed by atoms with Gasteiger partial charge in [-0.15, -0.1) is 0 Å². The molecule has 19 heavy (non-hydrogen) atoms. The molecule has 0 radical (unpaired) electrons. The summed E-state index contributed by atoms with van der Waals surface area (Å²) in [6, 6.07) is -0.267. The molecule has 0 aromatic carbocycles. The van der Waals surface area contributed by atoms with E-state index in [2.05, 4.69) is 18.6 Å². The first-order valence-corrected chi connectivity index (χ1v) is 8.11. The van der Waals surface area contributed by atoms with Gasteiger partial charge in [0.15, 0.2) is 0 Å². The minimum atomic E-state index is -3.60. The Morgan fingerprint density at radius 1 is 1.47 bits per heavy atom. The van der Waals surface area contributed by atoms with Gasteiger partial charge in [-0.1, -0.05) is 13.8 Å². The van der Waals surface area contributed by atoms with Crippen LogP contribution in [0.4, 0.5) is 0 Å². The predicted molar refractivity (Wildman–Crippen MR) is 67.7 cm³/mol. The van der Waals surface area contributed by atoms with Gasteiger partial charge in [0.1, 0.15) is 0 Å². The molecule has 3 atom stereocenters. The number of rotatable bonds is 1. The van der Waals surface area contributed by atoms with Crippen LogP contribution in [-0.2, 0) is 14.8 Å². The molecule has 3 fully saturated rings. The number of carbonyl (C=O) groups is 1. The topological polar surface area (TPSA) is 90.9 Å². The SMILES string of the molecule is CC1(C)[C@@H]2CC[C@]13CS(=O)(=O)N(C(=O)C=[N+]=[N-])[C@@H]3C2. The van der Waals surface area contributed by atoms with Gasteiger partial charge in [0.2, 0.25) is 10.0 Å². The second-order valence-corrected chi connectivity index (χ2v) is 8.35. The molecule has 2 saturated carbocycles. The Bertz CT molecular complexity index is 606. The van der Waals surface area contributed by atoms with Gasteiger partial charge in [-0.25, -0.2) is 12.7 Å². The van der Waals surface area contributed by atoms with E-state index in [0.29, 0.717) is 12.1 Å². The van der Waals surface area contributed by atoms with Gasteiger partial charge in [0, 0.05) is 5.41 Å². The van der Waals surface area contributed by atoms with Crippen LogP contribution in [0.5, 0.6) is 0 Å². The summed E-state index contributed by atoms with van der Waals surface area (Å²) in [7, 11) is -3.60. The van der Waals surface area contributed by atoms with Crippen molar-refractivity contribution in [1.82, 2.24) is 4.31 Å². The van der Waals surface area contributed by atoms with E-state index in [-0.39, 0.29) is 22.6 Å². The minimum absolute atomic E-state index is 0.0408. The summed E-state index contributed by atoms with van der Waals surface area (Å²) >= 11 is 0. The van der Waals surface area contributed by atoms with E-state index in [1.807, 2.05) is 0 Å². The molecule has 1 heterocycles. The first-order valence-electron chi connectivity index (χ1n) is 6.50. The van der Waals surface area contributed by atoms with Crippen molar-refractivity contribution in [1.29, 1.82) is 0 Å². The first-order chi connectivity index (χ1) is 8.76. The fourth-order valence-corrected chi connectivity index (χ4v) is 7.18. The Morgan fingerprint density at radius 3 is 2.74 bits per heavy atom. The number of sulfonamides is 1. The summed E-state index contributed by atoms with van der Waals surface area (Å²) in [5, 5.41) is 0. The molecule has 3 rings (SSSR count). The molecule has 104 valence electrons. The van der Waals surface area contributed by atoms with E-state index >= 15 is 0 Å². The molecule has 2 aliphatic carbocycles. The van der Waals surface area contributed by atoms with Crippen molar-refractivity contribution in [3.8, 4) is 0 Å². The molecule has 7 heteroatoms. The summed E-state index contributed by atoms with van der Waals surface area (Å²) in [5.74, 6) is -0.221. The summed E-state index contributed by atoms with van der Waals surface area (Å²) in [6.07, 6.45) is 3.30. The van der Waals surface area contributed by atoms with Crippen LogP contribution < -0.4 is 0 Å². The zero-order chi connectivity index (χ0) is 14.1. The summed E-state index contributed by atoms with van der Waals surface area (Å²) < 4.78 is 25.6. The van der Waals surface area contributed by atoms with Crippen molar-refractivity contribution < 1.29 is 18.0 Å². The van der Waals surface area contributed by atoms with Gasteiger partial charge in [0.25, 0.3) is 0 Å². The molecular weight excluding hydrogens is 266 g/mol. The van der Waals surface area contributed by atoms with Crippen LogP contribution >= 0.6 is 0 Å². The van der Waals surface area contributed by atoms with Crippen LogP contribution in [0.15, 0.2) is 0 Å². The van der Waals surface area contributed by atoms with Crippen LogP contribution in [0.25, 0.3) is 5.53 Å². The largest absolute Gasteiger partial charge is 0.361 e. The van der Waals surface area contributed by atoms with E-state index in [4.69, 9.17) is 5.53 Å². The van der Waals surface area contributed by atoms with Gasteiger partial charge >= 0.3 is 12.1 Å². The maximum Gasteiger partial charge on any atom is 0.345 e. The Kier molecular flexibility index (Phi) is 2.34. The minimum Gasteiger partial charge on any atom is -0.361 e. The quantitative estimate of drug-likeness (QED) is 0.402. The average molecular weight is 283 g/mol. The van der Waals surface area contributed by atoms with Crippen molar-refractivity contribution in [2.75, 3.05) is 5.75 Å². The Labute approximate surface area is 112 Å². The van der Waals surface area contributed by atoms with Crippen LogP contribution in [0, 0.1) is 16.7 Å². The van der Waals surface area contributed by atoms with E-state index in [9.17, 15) is 13.2 Å². The van der Waals surface area contributed by atoms with Crippen molar-refractivity contribution in [2.45, 2.75) is 39.2 Å². The lowest BCUT2D eigenvalue weighted by Gasteiger charge is -2.36. The molecule has 1 saturated heterocycles. The second kappa shape index (κ2) is 3.46. The van der Waals surface area contributed by atoms with Crippen LogP contribution in [0.3, 0.4) is 0 Å². The van der Waals surface area contributed by atoms with Gasteiger partial charge in [-0.05, 0) is 30.6 Å². The monoisotopic (exact) mass is 283 g/mol. The third kappa shape index (κ3) is 1.32. The molecule has 0 aromatic heterocycles. The Balaban J connectivity index is 2.11. The maximum absolute atomic E-state index is 12.3. The molecule has 6 nitrogen and oxygen atoms in total. The number of hydrogen-bond donors (Lipinski definition) is 0. The smallest absolute Gasteiger partial charge is 0.345 e. The highest BCUT2D eigenvalue weighted by Gasteiger charge is 2.72. The second-order valence-electron chi connectivity index (χ2n) is 6.50. The van der Waals surface area contributed by atoms with Crippen molar-refractivity contribution >= 4 is 22.1 Å². The van der Waals surface area contributed by atoms with E-state index in [0.717, 1.165) is 23.6 Å². The lowest BCUT2D eigenvalue weighted by atomic mass is 9.69. The first kappa shape index (κ1) is 12.8. The molecule has 1 spiro atoms. The lowest BCUT2D eigenvalue weighted by molar-refractivity contribution is -0.125. The Morgan fingerprint density at radius 2 is 2.16 bits per heavy atom. The fraction of sp³-hybridized carbons (Fsp3) is 0.833. The molecule has 2 bridgehead atoms. The standard InChI is InChI=1S/C12H17N3O3S/c1-11(2)8-3-4-12(11)7-19(17,18)15(9(12)5-8)10(16)6-14-13/h6,8-9H,3-5,7H2,1-2H3/t8-,9-,12-/m1/s1. The van der Waals surface area contributed by atoms with E-state index < -0.39 is 15.9 Å². The predicted octanol–water partition coefficient (Wildman–Crippen LogP) is 0.654. The highest BCUT2D eigenvalue weighted by atomic mass is 32.2. The van der Waals surface area contributed by atoms with Crippen molar-refractivity contribution in [3.63, 3.8) is 0 Å². The third-order valence-corrected chi connectivity index (χ3v) is 7.71. The van der Waals surface area contributed by atoms with Gasteiger partial charge in [0.05, 0.1) is 11.8 Å². The number of hydrogen-bond acceptors (Lipinski definition) is 3. The molecule has 0 aromatic rings.